The topological polar surface area (TPSA) is 46.3 Å². The smallest absolute Gasteiger partial charge is 0.330 e. The van der Waals surface area contributed by atoms with Gasteiger partial charge in [0, 0.05) is 20.1 Å². The molecule has 0 aliphatic carbocycles. The van der Waals surface area contributed by atoms with Gasteiger partial charge in [-0.15, -0.1) is 0 Å². The van der Waals surface area contributed by atoms with Gasteiger partial charge in [-0.25, -0.2) is 0 Å². The lowest BCUT2D eigenvalue weighted by Gasteiger charge is -2.12. The zero-order valence-electron chi connectivity index (χ0n) is 6.18. The lowest BCUT2D eigenvalue weighted by Crippen LogP contribution is -2.36. The molecule has 0 aromatic heterocycles. The molecule has 0 aromatic rings. The zero-order chi connectivity index (χ0) is 8.65. The Labute approximate surface area is 63.2 Å². The highest BCUT2D eigenvalue weighted by atomic mass is 19.3. The van der Waals surface area contributed by atoms with Gasteiger partial charge in [-0.1, -0.05) is 0 Å². The first kappa shape index (κ1) is 8.39. The molecule has 1 atom stereocenters. The highest BCUT2D eigenvalue weighted by Crippen LogP contribution is 2.32. The second-order valence-corrected chi connectivity index (χ2v) is 2.74. The van der Waals surface area contributed by atoms with Gasteiger partial charge < -0.3 is 10.6 Å². The van der Waals surface area contributed by atoms with Crippen LogP contribution in [0.4, 0.5) is 8.78 Å². The number of alkyl halides is 2. The van der Waals surface area contributed by atoms with Crippen molar-refractivity contribution < 1.29 is 13.6 Å². The minimum Gasteiger partial charge on any atom is -0.340 e. The van der Waals surface area contributed by atoms with Gasteiger partial charge in [0.2, 0.25) is 0 Å². The van der Waals surface area contributed by atoms with Crippen LogP contribution in [0, 0.1) is 5.92 Å². The van der Waals surface area contributed by atoms with Gasteiger partial charge in [0.05, 0.1) is 5.92 Å². The number of carbonyl (C=O) groups is 1. The third-order valence-corrected chi connectivity index (χ3v) is 1.92. The summed E-state index contributed by atoms with van der Waals surface area (Å²) in [7, 11) is 1.35. The molecule has 0 radical (unpaired) electrons. The molecule has 1 fully saturated rings. The van der Waals surface area contributed by atoms with E-state index in [0.29, 0.717) is 0 Å². The summed E-state index contributed by atoms with van der Waals surface area (Å²) in [5.74, 6) is -5.38. The highest BCUT2D eigenvalue weighted by molar-refractivity contribution is 5.85. The lowest BCUT2D eigenvalue weighted by atomic mass is 10.1. The molecule has 2 N–H and O–H groups in total. The third-order valence-electron chi connectivity index (χ3n) is 1.92. The van der Waals surface area contributed by atoms with E-state index < -0.39 is 17.7 Å². The standard InChI is InChI=1S/C6H10F2N2O/c1-10-3-4(2-9)6(7,8)5(10)11/h4H,2-3,9H2,1H3/t4-/m1/s1. The maximum atomic E-state index is 12.8. The molecule has 0 spiro atoms. The van der Waals surface area contributed by atoms with Crippen LogP contribution in [0.1, 0.15) is 0 Å². The van der Waals surface area contributed by atoms with E-state index >= 15 is 0 Å². The minimum atomic E-state index is -3.25. The lowest BCUT2D eigenvalue weighted by molar-refractivity contribution is -0.150. The van der Waals surface area contributed by atoms with E-state index in [1.807, 2.05) is 0 Å². The Morgan fingerprint density at radius 2 is 2.36 bits per heavy atom. The summed E-state index contributed by atoms with van der Waals surface area (Å²) in [6.07, 6.45) is 0. The second kappa shape index (κ2) is 2.41. The number of nitrogens with two attached hydrogens (primary N) is 1. The summed E-state index contributed by atoms with van der Waals surface area (Å²) in [4.78, 5) is 11.7. The van der Waals surface area contributed by atoms with Crippen molar-refractivity contribution in [2.75, 3.05) is 20.1 Å². The van der Waals surface area contributed by atoms with Crippen LogP contribution in [-0.2, 0) is 4.79 Å². The van der Waals surface area contributed by atoms with Crippen LogP contribution >= 0.6 is 0 Å². The van der Waals surface area contributed by atoms with Crippen LogP contribution in [0.15, 0.2) is 0 Å². The first-order valence-electron chi connectivity index (χ1n) is 3.33. The van der Waals surface area contributed by atoms with Gasteiger partial charge in [-0.3, -0.25) is 4.79 Å². The summed E-state index contributed by atoms with van der Waals surface area (Å²) in [6, 6.07) is 0. The van der Waals surface area contributed by atoms with E-state index in [2.05, 4.69) is 0 Å². The van der Waals surface area contributed by atoms with Crippen molar-refractivity contribution in [1.29, 1.82) is 0 Å². The predicted molar refractivity (Wildman–Crippen MR) is 35.1 cm³/mol. The normalized spacial score (nSPS) is 29.6. The number of amides is 1. The molecule has 3 nitrogen and oxygen atoms in total. The van der Waals surface area contributed by atoms with Crippen molar-refractivity contribution >= 4 is 5.91 Å². The number of rotatable bonds is 1. The average molecular weight is 164 g/mol. The van der Waals surface area contributed by atoms with Crippen LogP contribution in [0.5, 0.6) is 0 Å². The van der Waals surface area contributed by atoms with E-state index in [-0.39, 0.29) is 13.1 Å². The zero-order valence-corrected chi connectivity index (χ0v) is 6.18. The molecular weight excluding hydrogens is 154 g/mol. The highest BCUT2D eigenvalue weighted by Gasteiger charge is 2.54. The second-order valence-electron chi connectivity index (χ2n) is 2.74. The van der Waals surface area contributed by atoms with Crippen molar-refractivity contribution in [3.8, 4) is 0 Å². The summed E-state index contributed by atoms with van der Waals surface area (Å²) >= 11 is 0. The van der Waals surface area contributed by atoms with E-state index in [1.165, 1.54) is 7.05 Å². The average Bonchev–Trinajstić information content (AvgIpc) is 2.13. The monoisotopic (exact) mass is 164 g/mol. The largest absolute Gasteiger partial charge is 0.340 e. The number of nitrogens with zero attached hydrogens (tertiary/aromatic N) is 1. The Bertz CT molecular complexity index is 183. The minimum absolute atomic E-state index is 0.0579. The Kier molecular flexibility index (Phi) is 1.83. The SMILES string of the molecule is CN1C[C@@H](CN)C(F)(F)C1=O. The van der Waals surface area contributed by atoms with Crippen LogP contribution < -0.4 is 5.73 Å². The van der Waals surface area contributed by atoms with Crippen LogP contribution in [0.25, 0.3) is 0 Å². The fourth-order valence-electron chi connectivity index (χ4n) is 1.18. The Morgan fingerprint density at radius 3 is 2.55 bits per heavy atom. The van der Waals surface area contributed by atoms with Crippen molar-refractivity contribution in [2.45, 2.75) is 5.92 Å². The molecule has 0 saturated carbocycles. The predicted octanol–water partition coefficient (Wildman–Crippen LogP) is -0.331. The summed E-state index contributed by atoms with van der Waals surface area (Å²) in [5.41, 5.74) is 5.07. The molecule has 1 rings (SSSR count). The van der Waals surface area contributed by atoms with Gasteiger partial charge in [-0.05, 0) is 0 Å². The molecular formula is C6H10F2N2O. The van der Waals surface area contributed by atoms with Crippen molar-refractivity contribution in [1.82, 2.24) is 4.90 Å². The number of hydrogen-bond donors (Lipinski definition) is 1. The van der Waals surface area contributed by atoms with Gasteiger partial charge in [-0.2, -0.15) is 8.78 Å². The third kappa shape index (κ3) is 1.09. The fraction of sp³-hybridized carbons (Fsp3) is 0.833. The summed E-state index contributed by atoms with van der Waals surface area (Å²) in [5, 5.41) is 0. The molecule has 5 heteroatoms. The van der Waals surface area contributed by atoms with Crippen molar-refractivity contribution in [2.24, 2.45) is 11.7 Å². The number of halogens is 2. The van der Waals surface area contributed by atoms with Crippen molar-refractivity contribution in [3.63, 3.8) is 0 Å². The maximum absolute atomic E-state index is 12.8. The van der Waals surface area contributed by atoms with Gasteiger partial charge in [0.1, 0.15) is 0 Å². The maximum Gasteiger partial charge on any atom is 0.330 e. The van der Waals surface area contributed by atoms with Crippen LogP contribution in [-0.4, -0.2) is 36.9 Å². The molecule has 0 unspecified atom stereocenters. The van der Waals surface area contributed by atoms with E-state index in [4.69, 9.17) is 5.73 Å². The van der Waals surface area contributed by atoms with Crippen LogP contribution in [0.2, 0.25) is 0 Å². The van der Waals surface area contributed by atoms with E-state index in [9.17, 15) is 13.6 Å². The fourth-order valence-corrected chi connectivity index (χ4v) is 1.18. The molecule has 64 valence electrons. The van der Waals surface area contributed by atoms with Crippen LogP contribution in [0.3, 0.4) is 0 Å². The first-order valence-corrected chi connectivity index (χ1v) is 3.33. The molecule has 1 saturated heterocycles. The molecule has 1 heterocycles. The quantitative estimate of drug-likeness (QED) is 0.576. The summed E-state index contributed by atoms with van der Waals surface area (Å²) in [6.45, 7) is -0.0919. The Balaban J connectivity index is 2.82. The molecule has 11 heavy (non-hydrogen) atoms. The number of carbonyl (C=O) groups excluding carboxylic acids is 1. The molecule has 0 bridgehead atoms. The van der Waals surface area contributed by atoms with Gasteiger partial charge >= 0.3 is 5.92 Å². The Morgan fingerprint density at radius 1 is 1.82 bits per heavy atom. The summed E-state index contributed by atoms with van der Waals surface area (Å²) < 4.78 is 25.6. The van der Waals surface area contributed by atoms with Gasteiger partial charge in [0.15, 0.2) is 0 Å². The molecule has 0 aromatic carbocycles. The number of likely N-dealkylation sites (tertiary alicyclic amines) is 1. The first-order chi connectivity index (χ1) is 5.00. The number of hydrogen-bond acceptors (Lipinski definition) is 2. The molecule has 1 aliphatic heterocycles. The van der Waals surface area contributed by atoms with Gasteiger partial charge in [0.25, 0.3) is 5.91 Å². The van der Waals surface area contributed by atoms with Crippen molar-refractivity contribution in [3.05, 3.63) is 0 Å². The van der Waals surface area contributed by atoms with E-state index in [0.717, 1.165) is 4.90 Å². The van der Waals surface area contributed by atoms with E-state index in [1.54, 1.807) is 0 Å². The Hall–Kier alpha value is -0.710. The molecule has 1 amide bonds. The molecule has 1 aliphatic rings.